The minimum absolute atomic E-state index is 0.0571. The normalized spacial score (nSPS) is 12.2. The van der Waals surface area contributed by atoms with Crippen molar-refractivity contribution in [3.8, 4) is 0 Å². The van der Waals surface area contributed by atoms with Gasteiger partial charge in [-0.3, -0.25) is 9.68 Å². The first-order chi connectivity index (χ1) is 11.9. The van der Waals surface area contributed by atoms with Gasteiger partial charge in [0, 0.05) is 9.86 Å². The summed E-state index contributed by atoms with van der Waals surface area (Å²) in [6.45, 7) is 1.80. The molecular formula is C16H15BrN2O5S. The van der Waals surface area contributed by atoms with Gasteiger partial charge in [0.05, 0.1) is 16.6 Å². The van der Waals surface area contributed by atoms with Gasteiger partial charge in [-0.1, -0.05) is 39.3 Å². The summed E-state index contributed by atoms with van der Waals surface area (Å²) >= 11 is 3.42. The fraction of sp³-hybridized carbons (Fsp3) is 0.188. The van der Waals surface area contributed by atoms with Gasteiger partial charge < -0.3 is 4.52 Å². The van der Waals surface area contributed by atoms with Crippen molar-refractivity contribution in [3.05, 3.63) is 58.2 Å². The Hall–Kier alpha value is -1.78. The molecule has 0 aliphatic rings. The number of halogens is 1. The van der Waals surface area contributed by atoms with Gasteiger partial charge in [-0.15, -0.1) is 0 Å². The first-order valence-electron chi connectivity index (χ1n) is 7.25. The Morgan fingerprint density at radius 3 is 2.64 bits per heavy atom. The summed E-state index contributed by atoms with van der Waals surface area (Å²) in [6.07, 6.45) is 0. The molecule has 7 nitrogen and oxygen atoms in total. The Bertz CT molecular complexity index is 988. The molecule has 1 heterocycles. The van der Waals surface area contributed by atoms with Gasteiger partial charge >= 0.3 is 0 Å². The lowest BCUT2D eigenvalue weighted by Crippen LogP contribution is -2.30. The highest BCUT2D eigenvalue weighted by molar-refractivity contribution is 9.10. The zero-order valence-corrected chi connectivity index (χ0v) is 15.9. The number of aryl methyl sites for hydroxylation is 1. The van der Waals surface area contributed by atoms with Gasteiger partial charge in [0.15, 0.2) is 5.58 Å². The van der Waals surface area contributed by atoms with E-state index in [1.165, 1.54) is 19.2 Å². The number of rotatable bonds is 6. The summed E-state index contributed by atoms with van der Waals surface area (Å²) in [5.41, 5.74) is 2.04. The van der Waals surface area contributed by atoms with Crippen molar-refractivity contribution in [2.45, 2.75) is 18.4 Å². The molecule has 0 N–H and O–H groups in total. The fourth-order valence-electron chi connectivity index (χ4n) is 2.23. The van der Waals surface area contributed by atoms with E-state index in [4.69, 9.17) is 14.2 Å². The predicted molar refractivity (Wildman–Crippen MR) is 93.7 cm³/mol. The lowest BCUT2D eigenvalue weighted by molar-refractivity contribution is -0.294. The molecule has 0 aliphatic heterocycles. The topological polar surface area (TPSA) is 81.9 Å². The Balaban J connectivity index is 1.83. The summed E-state index contributed by atoms with van der Waals surface area (Å²) in [5, 5.41) is 4.69. The maximum Gasteiger partial charge on any atom is 0.288 e. The van der Waals surface area contributed by atoms with Crippen LogP contribution >= 0.6 is 15.9 Å². The standard InChI is InChI=1S/C16H15BrN2O5S/c1-11-8-13-15(18-24-16(13)9-14(11)17)10-23-19(22-2)25(20,21)12-6-4-3-5-7-12/h3-9H,10H2,1-2H3. The van der Waals surface area contributed by atoms with Crippen molar-refractivity contribution in [2.75, 3.05) is 7.11 Å². The Morgan fingerprint density at radius 1 is 1.24 bits per heavy atom. The molecule has 0 fully saturated rings. The van der Waals surface area contributed by atoms with E-state index in [0.29, 0.717) is 15.9 Å². The highest BCUT2D eigenvalue weighted by Crippen LogP contribution is 2.27. The van der Waals surface area contributed by atoms with E-state index in [1.807, 2.05) is 13.0 Å². The van der Waals surface area contributed by atoms with Crippen LogP contribution in [0.25, 0.3) is 11.0 Å². The maximum absolute atomic E-state index is 12.5. The fourth-order valence-corrected chi connectivity index (χ4v) is 3.62. The molecule has 0 bridgehead atoms. The Labute approximate surface area is 153 Å². The van der Waals surface area contributed by atoms with E-state index < -0.39 is 10.0 Å². The third-order valence-corrected chi connectivity index (χ3v) is 5.89. The quantitative estimate of drug-likeness (QED) is 0.560. The van der Waals surface area contributed by atoms with E-state index in [1.54, 1.807) is 24.3 Å². The molecule has 9 heteroatoms. The first-order valence-corrected chi connectivity index (χ1v) is 9.48. The van der Waals surface area contributed by atoms with Crippen LogP contribution in [0.15, 0.2) is 56.4 Å². The largest absolute Gasteiger partial charge is 0.356 e. The van der Waals surface area contributed by atoms with Crippen molar-refractivity contribution in [2.24, 2.45) is 0 Å². The summed E-state index contributed by atoms with van der Waals surface area (Å²) < 4.78 is 31.6. The second-order valence-electron chi connectivity index (χ2n) is 5.19. The van der Waals surface area contributed by atoms with Crippen LogP contribution in [0.3, 0.4) is 0 Å². The van der Waals surface area contributed by atoms with Crippen LogP contribution in [0, 0.1) is 6.92 Å². The second-order valence-corrected chi connectivity index (χ2v) is 7.77. The summed E-state index contributed by atoms with van der Waals surface area (Å²) in [4.78, 5) is 10.3. The molecule has 0 radical (unpaired) electrons. The third kappa shape index (κ3) is 3.60. The summed E-state index contributed by atoms with van der Waals surface area (Å²) in [5.74, 6) is 0. The molecule has 0 unspecified atom stereocenters. The van der Waals surface area contributed by atoms with Gasteiger partial charge in [0.1, 0.15) is 12.3 Å². The molecule has 3 rings (SSSR count). The van der Waals surface area contributed by atoms with Gasteiger partial charge in [-0.2, -0.15) is 0 Å². The Morgan fingerprint density at radius 2 is 1.96 bits per heavy atom. The summed E-state index contributed by atoms with van der Waals surface area (Å²) in [6, 6.07) is 11.6. The number of benzene rings is 2. The van der Waals surface area contributed by atoms with Gasteiger partial charge in [-0.25, -0.2) is 8.42 Å². The number of nitrogens with zero attached hydrogens (tertiary/aromatic N) is 2. The number of hydrogen-bond acceptors (Lipinski definition) is 6. The van der Waals surface area contributed by atoms with E-state index in [0.717, 1.165) is 15.4 Å². The predicted octanol–water partition coefficient (Wildman–Crippen LogP) is 3.58. The molecule has 0 saturated carbocycles. The van der Waals surface area contributed by atoms with Crippen molar-refractivity contribution >= 4 is 36.9 Å². The number of hydrogen-bond donors (Lipinski definition) is 0. The van der Waals surface area contributed by atoms with E-state index >= 15 is 0 Å². The number of sulfonamides is 1. The number of aromatic nitrogens is 1. The molecule has 25 heavy (non-hydrogen) atoms. The monoisotopic (exact) mass is 426 g/mol. The zero-order valence-electron chi connectivity index (χ0n) is 13.5. The highest BCUT2D eigenvalue weighted by atomic mass is 79.9. The van der Waals surface area contributed by atoms with Crippen LogP contribution in [0.2, 0.25) is 0 Å². The summed E-state index contributed by atoms with van der Waals surface area (Å²) in [7, 11) is -2.74. The van der Waals surface area contributed by atoms with E-state index in [2.05, 4.69) is 21.1 Å². The zero-order chi connectivity index (χ0) is 18.0. The smallest absolute Gasteiger partial charge is 0.288 e. The van der Waals surface area contributed by atoms with Crippen LogP contribution in [0.1, 0.15) is 11.3 Å². The first kappa shape index (κ1) is 18.0. The molecule has 3 aromatic rings. The molecule has 2 aromatic carbocycles. The van der Waals surface area contributed by atoms with Crippen molar-refractivity contribution in [1.82, 2.24) is 9.79 Å². The van der Waals surface area contributed by atoms with Gasteiger partial charge in [0.2, 0.25) is 0 Å². The molecule has 132 valence electrons. The molecular weight excluding hydrogens is 412 g/mol. The molecule has 0 saturated heterocycles. The van der Waals surface area contributed by atoms with Gasteiger partial charge in [0.25, 0.3) is 10.0 Å². The SMILES string of the molecule is CON(OCc1noc2cc(Br)c(C)cc12)S(=O)(=O)c1ccccc1. The molecule has 0 aliphatic carbocycles. The van der Waals surface area contributed by atoms with Crippen LogP contribution in [0.5, 0.6) is 0 Å². The van der Waals surface area contributed by atoms with Crippen molar-refractivity contribution in [1.29, 1.82) is 0 Å². The highest BCUT2D eigenvalue weighted by Gasteiger charge is 2.26. The maximum atomic E-state index is 12.5. The molecule has 0 spiro atoms. The van der Waals surface area contributed by atoms with Crippen molar-refractivity contribution < 1.29 is 22.6 Å². The lowest BCUT2D eigenvalue weighted by atomic mass is 10.1. The minimum atomic E-state index is -3.95. The van der Waals surface area contributed by atoms with Crippen molar-refractivity contribution in [3.63, 3.8) is 0 Å². The Kier molecular flexibility index (Phi) is 5.21. The lowest BCUT2D eigenvalue weighted by Gasteiger charge is -2.17. The average Bonchev–Trinajstić information content (AvgIpc) is 2.98. The third-order valence-electron chi connectivity index (χ3n) is 3.52. The minimum Gasteiger partial charge on any atom is -0.356 e. The molecule has 0 amide bonds. The number of fused-ring (bicyclic) bond motifs is 1. The van der Waals surface area contributed by atoms with Crippen LogP contribution in [0.4, 0.5) is 0 Å². The molecule has 0 atom stereocenters. The van der Waals surface area contributed by atoms with Crippen LogP contribution in [-0.4, -0.2) is 25.3 Å². The second kappa shape index (κ2) is 7.22. The van der Waals surface area contributed by atoms with E-state index in [-0.39, 0.29) is 11.5 Å². The van der Waals surface area contributed by atoms with Gasteiger partial charge in [-0.05, 0) is 36.8 Å². The van der Waals surface area contributed by atoms with E-state index in [9.17, 15) is 8.42 Å². The average molecular weight is 427 g/mol. The van der Waals surface area contributed by atoms with Crippen LogP contribution in [-0.2, 0) is 26.3 Å². The molecule has 1 aromatic heterocycles. The van der Waals surface area contributed by atoms with Crippen LogP contribution < -0.4 is 0 Å².